The molecule has 0 fully saturated rings. The summed E-state index contributed by atoms with van der Waals surface area (Å²) in [6.07, 6.45) is 1.97. The van der Waals surface area contributed by atoms with Gasteiger partial charge in [0.25, 0.3) is 17.7 Å². The molecule has 3 amide bonds. The number of carbonyl (C=O) groups excluding carboxylic acids is 3. The van der Waals surface area contributed by atoms with Gasteiger partial charge in [0.2, 0.25) is 5.89 Å². The molecule has 3 N–H and O–H groups in total. The first-order valence-corrected chi connectivity index (χ1v) is 13.8. The minimum absolute atomic E-state index is 0.110. The van der Waals surface area contributed by atoms with E-state index in [9.17, 15) is 18.6 Å². The Hall–Kier alpha value is -2.97. The number of thiazole rings is 2. The Morgan fingerprint density at radius 2 is 1.76 bits per heavy atom. The zero-order valence-electron chi connectivity index (χ0n) is 18.5. The van der Waals surface area contributed by atoms with Crippen molar-refractivity contribution in [2.75, 3.05) is 12.0 Å². The van der Waals surface area contributed by atoms with Crippen molar-refractivity contribution in [2.24, 2.45) is 0 Å². The lowest BCUT2D eigenvalue weighted by Crippen LogP contribution is -2.31. The summed E-state index contributed by atoms with van der Waals surface area (Å²) >= 11 is 2.47. The molecule has 3 aromatic rings. The number of carbonyl (C=O) groups is 3. The van der Waals surface area contributed by atoms with Gasteiger partial charge in [-0.05, 0) is 20.3 Å². The molecule has 0 aliphatic carbocycles. The minimum Gasteiger partial charge on any atom is -0.443 e. The van der Waals surface area contributed by atoms with Gasteiger partial charge < -0.3 is 20.4 Å². The summed E-state index contributed by atoms with van der Waals surface area (Å²) in [5.74, 6) is -0.467. The van der Waals surface area contributed by atoms with Crippen LogP contribution in [0, 0.1) is 6.92 Å². The second kappa shape index (κ2) is 10.1. The van der Waals surface area contributed by atoms with E-state index in [2.05, 4.69) is 30.9 Å². The number of hydrogen-bond acceptors (Lipinski definition) is 10. The third kappa shape index (κ3) is 5.39. The van der Waals surface area contributed by atoms with Crippen molar-refractivity contribution in [3.05, 3.63) is 49.5 Å². The van der Waals surface area contributed by atoms with Crippen molar-refractivity contribution in [1.82, 2.24) is 30.9 Å². The van der Waals surface area contributed by atoms with Crippen LogP contribution in [0.4, 0.5) is 0 Å². The van der Waals surface area contributed by atoms with E-state index in [1.807, 2.05) is 0 Å². The third-order valence-electron chi connectivity index (χ3n) is 4.98. The number of hydrogen-bond donors (Lipinski definition) is 3. The van der Waals surface area contributed by atoms with Crippen molar-refractivity contribution < 1.29 is 23.0 Å². The average molecular weight is 523 g/mol. The van der Waals surface area contributed by atoms with Gasteiger partial charge in [0.15, 0.2) is 5.69 Å². The summed E-state index contributed by atoms with van der Waals surface area (Å²) < 4.78 is 17.3. The number of aryl methyl sites for hydroxylation is 1. The molecule has 0 spiro atoms. The van der Waals surface area contributed by atoms with Crippen molar-refractivity contribution in [1.29, 1.82) is 0 Å². The van der Waals surface area contributed by atoms with Crippen molar-refractivity contribution in [3.63, 3.8) is 0 Å². The van der Waals surface area contributed by atoms with Gasteiger partial charge in [-0.25, -0.2) is 15.0 Å². The number of nitrogens with one attached hydrogen (secondary N) is 3. The van der Waals surface area contributed by atoms with Crippen LogP contribution in [0.15, 0.2) is 15.2 Å². The van der Waals surface area contributed by atoms with E-state index in [0.29, 0.717) is 27.9 Å². The number of oxazole rings is 1. The lowest BCUT2D eigenvalue weighted by molar-refractivity contribution is 0.0926. The predicted molar refractivity (Wildman–Crippen MR) is 126 cm³/mol. The molecule has 6 bridgehead atoms. The number of rotatable bonds is 3. The van der Waals surface area contributed by atoms with Gasteiger partial charge in [0.05, 0.1) is 12.6 Å². The molecular weight excluding hydrogens is 500 g/mol. The Balaban J connectivity index is 1.69. The molecule has 14 heteroatoms. The summed E-state index contributed by atoms with van der Waals surface area (Å²) in [5.41, 5.74) is 0.474. The molecule has 4 heterocycles. The van der Waals surface area contributed by atoms with Crippen LogP contribution >= 0.6 is 22.7 Å². The van der Waals surface area contributed by atoms with E-state index in [1.54, 1.807) is 30.9 Å². The van der Waals surface area contributed by atoms with Crippen LogP contribution < -0.4 is 16.0 Å². The SMILES string of the molecule is Cc1oc2nc1C(=O)NCc1nc(cs1)C(=O)N[C@@H](CCS(C)=O)c1nc(cs1)C(=O)N[C@H]2C. The lowest BCUT2D eigenvalue weighted by atomic mass is 10.2. The molecule has 4 rings (SSSR count). The van der Waals surface area contributed by atoms with Crippen molar-refractivity contribution in [2.45, 2.75) is 38.9 Å². The number of nitrogens with zero attached hydrogens (tertiary/aromatic N) is 3. The highest BCUT2D eigenvalue weighted by molar-refractivity contribution is 7.84. The normalized spacial score (nSPS) is 20.0. The Labute approximate surface area is 205 Å². The molecule has 0 saturated heterocycles. The quantitative estimate of drug-likeness (QED) is 0.471. The van der Waals surface area contributed by atoms with Crippen molar-refractivity contribution in [3.8, 4) is 0 Å². The maximum atomic E-state index is 12.8. The van der Waals surface area contributed by atoms with Gasteiger partial charge >= 0.3 is 0 Å². The highest BCUT2D eigenvalue weighted by Crippen LogP contribution is 2.24. The van der Waals surface area contributed by atoms with E-state index < -0.39 is 40.6 Å². The smallest absolute Gasteiger partial charge is 0.273 e. The van der Waals surface area contributed by atoms with Gasteiger partial charge in [-0.2, -0.15) is 0 Å². The Morgan fingerprint density at radius 3 is 2.53 bits per heavy atom. The molecule has 0 saturated carbocycles. The first-order chi connectivity index (χ1) is 16.2. The summed E-state index contributed by atoms with van der Waals surface area (Å²) in [4.78, 5) is 51.2. The van der Waals surface area contributed by atoms with Crippen LogP contribution in [-0.2, 0) is 17.3 Å². The van der Waals surface area contributed by atoms with Crippen LogP contribution in [0.1, 0.15) is 78.6 Å². The lowest BCUT2D eigenvalue weighted by Gasteiger charge is -2.15. The molecule has 3 aromatic heterocycles. The number of amides is 3. The summed E-state index contributed by atoms with van der Waals surface area (Å²) in [6, 6.07) is -1.16. The van der Waals surface area contributed by atoms with Gasteiger partial charge in [0.1, 0.15) is 33.2 Å². The molecule has 1 aliphatic heterocycles. The maximum absolute atomic E-state index is 12.8. The first-order valence-electron chi connectivity index (χ1n) is 10.3. The fourth-order valence-electron chi connectivity index (χ4n) is 3.21. The van der Waals surface area contributed by atoms with Gasteiger partial charge in [-0.3, -0.25) is 18.6 Å². The highest BCUT2D eigenvalue weighted by Gasteiger charge is 2.26. The minimum atomic E-state index is -1.07. The first kappa shape index (κ1) is 24.2. The third-order valence-corrected chi connectivity index (χ3v) is 7.60. The van der Waals surface area contributed by atoms with Crippen molar-refractivity contribution >= 4 is 51.2 Å². The van der Waals surface area contributed by atoms with Crippen LogP contribution in [0.25, 0.3) is 0 Å². The monoisotopic (exact) mass is 522 g/mol. The highest BCUT2D eigenvalue weighted by atomic mass is 32.2. The predicted octanol–water partition coefficient (Wildman–Crippen LogP) is 1.87. The molecular formula is C20H22N6O5S3. The number of fused-ring (bicyclic) bond motifs is 6. The Bertz CT molecular complexity index is 1270. The van der Waals surface area contributed by atoms with Gasteiger partial charge in [-0.1, -0.05) is 0 Å². The van der Waals surface area contributed by atoms with Crippen LogP contribution in [0.5, 0.6) is 0 Å². The van der Waals surface area contributed by atoms with Crippen LogP contribution in [-0.4, -0.2) is 48.9 Å². The fraction of sp³-hybridized carbons (Fsp3) is 0.400. The zero-order chi connectivity index (χ0) is 24.4. The fourth-order valence-corrected chi connectivity index (χ4v) is 5.37. The maximum Gasteiger partial charge on any atom is 0.273 e. The van der Waals surface area contributed by atoms with E-state index in [-0.39, 0.29) is 29.5 Å². The summed E-state index contributed by atoms with van der Waals surface area (Å²) in [5, 5.41) is 12.6. The largest absolute Gasteiger partial charge is 0.443 e. The van der Waals surface area contributed by atoms with Gasteiger partial charge in [-0.15, -0.1) is 22.7 Å². The zero-order valence-corrected chi connectivity index (χ0v) is 21.0. The average Bonchev–Trinajstić information content (AvgIpc) is 3.53. The Morgan fingerprint density at radius 1 is 1.06 bits per heavy atom. The molecule has 1 unspecified atom stereocenters. The van der Waals surface area contributed by atoms with E-state index >= 15 is 0 Å². The Kier molecular flexibility index (Phi) is 7.19. The molecule has 1 aliphatic rings. The van der Waals surface area contributed by atoms with E-state index in [0.717, 1.165) is 0 Å². The molecule has 0 radical (unpaired) electrons. The second-order valence-electron chi connectivity index (χ2n) is 7.62. The topological polar surface area (TPSA) is 156 Å². The summed E-state index contributed by atoms with van der Waals surface area (Å²) in [7, 11) is -1.07. The molecule has 180 valence electrons. The van der Waals surface area contributed by atoms with E-state index in [1.165, 1.54) is 22.7 Å². The summed E-state index contributed by atoms with van der Waals surface area (Å²) in [6.45, 7) is 3.41. The molecule has 11 nitrogen and oxygen atoms in total. The molecule has 34 heavy (non-hydrogen) atoms. The second-order valence-corrected chi connectivity index (χ2v) is 11.0. The van der Waals surface area contributed by atoms with E-state index in [4.69, 9.17) is 4.42 Å². The molecule has 0 aromatic carbocycles. The molecule has 3 atom stereocenters. The van der Waals surface area contributed by atoms with Crippen LogP contribution in [0.3, 0.4) is 0 Å². The number of aromatic nitrogens is 3. The van der Waals surface area contributed by atoms with Gasteiger partial charge in [0, 0.05) is 33.6 Å². The standard InChI is InChI=1S/C20H22N6O5S3/c1-9-19-26-15(10(2)31-19)18(29)21-6-14-23-12(7-32-14)17(28)24-11(4-5-34(3)30)20-25-13(8-33-20)16(27)22-9/h7-9,11H,4-6H2,1-3H3,(H,21,29)(H,22,27)(H,24,28)/t9-,11-,34?/m0/s1. The van der Waals surface area contributed by atoms with Crippen LogP contribution in [0.2, 0.25) is 0 Å².